The molecule has 23 heavy (non-hydrogen) atoms. The second-order valence-corrected chi connectivity index (χ2v) is 8.52. The minimum Gasteiger partial charge on any atom is -0.313 e. The number of likely N-dealkylation sites (N-methyl/N-ethyl adjacent to an activating group) is 1. The molecule has 0 aromatic rings. The summed E-state index contributed by atoms with van der Waals surface area (Å²) in [7, 11) is 0. The summed E-state index contributed by atoms with van der Waals surface area (Å²) in [6.07, 6.45) is 12.1. The number of rotatable bonds is 4. The summed E-state index contributed by atoms with van der Waals surface area (Å²) in [4.78, 5) is 0. The minimum absolute atomic E-state index is 0.388. The van der Waals surface area contributed by atoms with Crippen LogP contribution in [-0.2, 0) is 0 Å². The molecule has 0 saturated heterocycles. The van der Waals surface area contributed by atoms with Crippen molar-refractivity contribution in [1.29, 1.82) is 0 Å². The van der Waals surface area contributed by atoms with E-state index in [1.807, 2.05) is 0 Å². The van der Waals surface area contributed by atoms with Crippen molar-refractivity contribution >= 4 is 0 Å². The highest BCUT2D eigenvalue weighted by Crippen LogP contribution is 2.66. The smallest absolute Gasteiger partial charge is 0.0173 e. The maximum Gasteiger partial charge on any atom is 0.0173 e. The van der Waals surface area contributed by atoms with E-state index in [-0.39, 0.29) is 0 Å². The van der Waals surface area contributed by atoms with Crippen molar-refractivity contribution in [3.05, 3.63) is 34.9 Å². The van der Waals surface area contributed by atoms with Gasteiger partial charge in [0.25, 0.3) is 0 Å². The first-order valence-electron chi connectivity index (χ1n) is 9.72. The van der Waals surface area contributed by atoms with Crippen LogP contribution < -0.4 is 5.32 Å². The molecule has 2 fully saturated rings. The highest BCUT2D eigenvalue weighted by molar-refractivity contribution is 5.45. The zero-order chi connectivity index (χ0) is 16.7. The largest absolute Gasteiger partial charge is 0.313 e. The van der Waals surface area contributed by atoms with Crippen molar-refractivity contribution in [2.75, 3.05) is 13.1 Å². The monoisotopic (exact) mass is 313 g/mol. The molecule has 2 atom stereocenters. The van der Waals surface area contributed by atoms with E-state index in [9.17, 15) is 0 Å². The molecule has 0 unspecified atom stereocenters. The van der Waals surface area contributed by atoms with Crippen LogP contribution in [0.5, 0.6) is 0 Å². The molecule has 1 spiro atoms. The quantitative estimate of drug-likeness (QED) is 0.647. The zero-order valence-corrected chi connectivity index (χ0v) is 15.7. The van der Waals surface area contributed by atoms with Gasteiger partial charge in [-0.1, -0.05) is 56.1 Å². The van der Waals surface area contributed by atoms with Gasteiger partial charge in [0.05, 0.1) is 0 Å². The van der Waals surface area contributed by atoms with Crippen LogP contribution in [0, 0.1) is 16.7 Å². The van der Waals surface area contributed by atoms with Crippen LogP contribution in [-0.4, -0.2) is 13.1 Å². The lowest BCUT2D eigenvalue weighted by Crippen LogP contribution is -2.48. The van der Waals surface area contributed by atoms with Crippen molar-refractivity contribution in [3.8, 4) is 0 Å². The van der Waals surface area contributed by atoms with Gasteiger partial charge in [-0.3, -0.25) is 0 Å². The summed E-state index contributed by atoms with van der Waals surface area (Å²) < 4.78 is 0. The van der Waals surface area contributed by atoms with Crippen LogP contribution in [0.1, 0.15) is 72.6 Å². The standard InChI is InChI=1S/C22H35N/c1-6-23-15-19-13-17(4)20-14-18(16(2)3)9-12-21(20,5)22(19)10-7-8-11-22/h13,18,23H,2,6-12,14-15H2,1,3-5H3/t18-,21-/m1/s1. The molecule has 0 radical (unpaired) electrons. The molecule has 3 aliphatic rings. The third kappa shape index (κ3) is 2.56. The average Bonchev–Trinajstić information content (AvgIpc) is 3.01. The Kier molecular flexibility index (Phi) is 4.62. The zero-order valence-electron chi connectivity index (χ0n) is 15.7. The van der Waals surface area contributed by atoms with Crippen LogP contribution in [0.15, 0.2) is 34.9 Å². The summed E-state index contributed by atoms with van der Waals surface area (Å²) in [5.41, 5.74) is 7.23. The predicted molar refractivity (Wildman–Crippen MR) is 100 cm³/mol. The third-order valence-corrected chi connectivity index (χ3v) is 7.37. The first-order chi connectivity index (χ1) is 10.9. The van der Waals surface area contributed by atoms with Crippen molar-refractivity contribution in [2.45, 2.75) is 72.6 Å². The van der Waals surface area contributed by atoms with E-state index in [0.717, 1.165) is 13.1 Å². The Bertz CT molecular complexity index is 544. The van der Waals surface area contributed by atoms with Gasteiger partial charge in [0, 0.05) is 12.0 Å². The molecule has 0 bridgehead atoms. The molecule has 0 aromatic heterocycles. The predicted octanol–water partition coefficient (Wildman–Crippen LogP) is 5.80. The number of hydrogen-bond donors (Lipinski definition) is 1. The van der Waals surface area contributed by atoms with E-state index in [2.05, 4.69) is 45.7 Å². The summed E-state index contributed by atoms with van der Waals surface area (Å²) in [6, 6.07) is 0. The van der Waals surface area contributed by atoms with Gasteiger partial charge in [-0.05, 0) is 69.4 Å². The Labute approximate surface area is 143 Å². The van der Waals surface area contributed by atoms with Gasteiger partial charge in [0.1, 0.15) is 0 Å². The number of hydrogen-bond acceptors (Lipinski definition) is 1. The van der Waals surface area contributed by atoms with Crippen LogP contribution in [0.25, 0.3) is 0 Å². The van der Waals surface area contributed by atoms with Crippen molar-refractivity contribution in [3.63, 3.8) is 0 Å². The highest BCUT2D eigenvalue weighted by atomic mass is 14.9. The molecule has 1 heteroatoms. The second kappa shape index (κ2) is 6.24. The second-order valence-electron chi connectivity index (χ2n) is 8.52. The van der Waals surface area contributed by atoms with E-state index in [1.54, 1.807) is 16.7 Å². The molecular formula is C22H35N. The Morgan fingerprint density at radius 3 is 2.61 bits per heavy atom. The molecule has 2 saturated carbocycles. The van der Waals surface area contributed by atoms with Crippen LogP contribution in [0.3, 0.4) is 0 Å². The SMILES string of the molecule is C=C(C)[C@@H]1CC[C@]2(C)C(=C(C)C=C(CNCC)C23CCCC3)C1. The lowest BCUT2D eigenvalue weighted by molar-refractivity contribution is 0.0841. The normalized spacial score (nSPS) is 32.9. The molecule has 0 amide bonds. The van der Waals surface area contributed by atoms with Crippen LogP contribution >= 0.6 is 0 Å². The van der Waals surface area contributed by atoms with Gasteiger partial charge in [-0.2, -0.15) is 0 Å². The molecule has 0 aliphatic heterocycles. The van der Waals surface area contributed by atoms with Crippen molar-refractivity contribution < 1.29 is 0 Å². The van der Waals surface area contributed by atoms with Crippen LogP contribution in [0.2, 0.25) is 0 Å². The van der Waals surface area contributed by atoms with Crippen molar-refractivity contribution in [1.82, 2.24) is 5.32 Å². The molecule has 3 aliphatic carbocycles. The lowest BCUT2D eigenvalue weighted by atomic mass is 9.48. The molecule has 1 N–H and O–H groups in total. The van der Waals surface area contributed by atoms with E-state index >= 15 is 0 Å². The lowest BCUT2D eigenvalue weighted by Gasteiger charge is -2.56. The molecule has 1 nitrogen and oxygen atoms in total. The van der Waals surface area contributed by atoms with Crippen molar-refractivity contribution in [2.24, 2.45) is 16.7 Å². The van der Waals surface area contributed by atoms with Crippen LogP contribution in [0.4, 0.5) is 0 Å². The summed E-state index contributed by atoms with van der Waals surface area (Å²) in [5.74, 6) is 0.704. The maximum atomic E-state index is 4.26. The number of fused-ring (bicyclic) bond motifs is 2. The summed E-state index contributed by atoms with van der Waals surface area (Å²) >= 11 is 0. The Hall–Kier alpha value is -0.820. The van der Waals surface area contributed by atoms with E-state index in [1.165, 1.54) is 50.5 Å². The molecular weight excluding hydrogens is 278 g/mol. The summed E-state index contributed by atoms with van der Waals surface area (Å²) in [6.45, 7) is 15.8. The van der Waals surface area contributed by atoms with Gasteiger partial charge < -0.3 is 5.32 Å². The molecule has 0 aromatic carbocycles. The van der Waals surface area contributed by atoms with Gasteiger partial charge in [-0.25, -0.2) is 0 Å². The van der Waals surface area contributed by atoms with Gasteiger partial charge in [-0.15, -0.1) is 0 Å². The van der Waals surface area contributed by atoms with Gasteiger partial charge in [0.15, 0.2) is 0 Å². The van der Waals surface area contributed by atoms with Gasteiger partial charge in [0.2, 0.25) is 0 Å². The minimum atomic E-state index is 0.388. The fraction of sp³-hybridized carbons (Fsp3) is 0.727. The Morgan fingerprint density at radius 2 is 2.00 bits per heavy atom. The topological polar surface area (TPSA) is 12.0 Å². The van der Waals surface area contributed by atoms with E-state index in [4.69, 9.17) is 0 Å². The molecule has 128 valence electrons. The van der Waals surface area contributed by atoms with E-state index < -0.39 is 0 Å². The number of nitrogens with one attached hydrogen (secondary N) is 1. The first kappa shape index (κ1) is 17.0. The molecule has 0 heterocycles. The Morgan fingerprint density at radius 1 is 1.30 bits per heavy atom. The highest BCUT2D eigenvalue weighted by Gasteiger charge is 2.56. The maximum absolute atomic E-state index is 4.26. The number of allylic oxidation sites excluding steroid dienone is 4. The van der Waals surface area contributed by atoms with Gasteiger partial charge >= 0.3 is 0 Å². The first-order valence-corrected chi connectivity index (χ1v) is 9.72. The summed E-state index contributed by atoms with van der Waals surface area (Å²) in [5, 5.41) is 3.62. The average molecular weight is 314 g/mol. The third-order valence-electron chi connectivity index (χ3n) is 7.37. The van der Waals surface area contributed by atoms with E-state index in [0.29, 0.717) is 16.7 Å². The Balaban J connectivity index is 2.03. The fourth-order valence-electron chi connectivity index (χ4n) is 5.90. The molecule has 3 rings (SSSR count). The fourth-order valence-corrected chi connectivity index (χ4v) is 5.90.